The van der Waals surface area contributed by atoms with Gasteiger partial charge >= 0.3 is 0 Å². The summed E-state index contributed by atoms with van der Waals surface area (Å²) in [5.74, 6) is 3.47. The Morgan fingerprint density at radius 3 is 2.92 bits per heavy atom. The first-order valence-electron chi connectivity index (χ1n) is 5.45. The molecule has 1 unspecified atom stereocenters. The van der Waals surface area contributed by atoms with Crippen molar-refractivity contribution in [1.29, 1.82) is 0 Å². The van der Waals surface area contributed by atoms with Crippen molar-refractivity contribution in [3.8, 4) is 0 Å². The molecule has 76 valence electrons. The maximum atomic E-state index is 11.3. The van der Waals surface area contributed by atoms with E-state index in [4.69, 9.17) is 0 Å². The number of carbonyl (C=O) groups is 1. The summed E-state index contributed by atoms with van der Waals surface area (Å²) in [7, 11) is 0. The summed E-state index contributed by atoms with van der Waals surface area (Å²) >= 11 is 2.01. The molecule has 1 aliphatic rings. The van der Waals surface area contributed by atoms with Crippen LogP contribution in [-0.2, 0) is 4.79 Å². The Bertz CT molecular complexity index is 156. The van der Waals surface area contributed by atoms with Crippen LogP contribution in [0.5, 0.6) is 0 Å². The Morgan fingerprint density at radius 2 is 2.31 bits per heavy atom. The zero-order valence-corrected chi connectivity index (χ0v) is 9.37. The van der Waals surface area contributed by atoms with Crippen LogP contribution in [0.1, 0.15) is 45.4 Å². The van der Waals surface area contributed by atoms with Gasteiger partial charge in [-0.3, -0.25) is 4.79 Å². The Balaban J connectivity index is 1.96. The van der Waals surface area contributed by atoms with Gasteiger partial charge in [-0.05, 0) is 37.2 Å². The van der Waals surface area contributed by atoms with Crippen molar-refractivity contribution in [1.82, 2.24) is 0 Å². The lowest BCUT2D eigenvalue weighted by molar-refractivity contribution is -0.120. The summed E-state index contributed by atoms with van der Waals surface area (Å²) in [5.41, 5.74) is 0. The number of Topliss-reactive ketones (excluding diaryl/α,β-unsaturated/α-hetero) is 1. The second-order valence-electron chi connectivity index (χ2n) is 3.75. The molecule has 0 heterocycles. The van der Waals surface area contributed by atoms with E-state index in [1.807, 2.05) is 11.8 Å². The molecule has 0 aromatic carbocycles. The molecule has 0 aliphatic heterocycles. The Morgan fingerprint density at radius 1 is 1.46 bits per heavy atom. The van der Waals surface area contributed by atoms with Crippen LogP contribution in [0.25, 0.3) is 0 Å². The third-order valence-electron chi connectivity index (χ3n) is 2.73. The van der Waals surface area contributed by atoms with Gasteiger partial charge in [-0.1, -0.05) is 13.3 Å². The van der Waals surface area contributed by atoms with Crippen LogP contribution in [0.2, 0.25) is 0 Å². The summed E-state index contributed by atoms with van der Waals surface area (Å²) in [4.78, 5) is 11.3. The molecule has 1 nitrogen and oxygen atoms in total. The summed E-state index contributed by atoms with van der Waals surface area (Å²) in [6.07, 6.45) is 6.87. The summed E-state index contributed by atoms with van der Waals surface area (Å²) in [6.45, 7) is 2.20. The standard InChI is InChI=1S/C11H20OS/c1-2-13-9-4-3-6-10-7-5-8-11(10)12/h10H,2-9H2,1H3. The lowest BCUT2D eigenvalue weighted by Crippen LogP contribution is -2.05. The van der Waals surface area contributed by atoms with E-state index in [1.165, 1.54) is 30.8 Å². The highest BCUT2D eigenvalue weighted by Gasteiger charge is 2.23. The van der Waals surface area contributed by atoms with E-state index in [0.717, 1.165) is 19.3 Å². The summed E-state index contributed by atoms with van der Waals surface area (Å²) in [6, 6.07) is 0. The molecule has 1 atom stereocenters. The second-order valence-corrected chi connectivity index (χ2v) is 5.14. The minimum atomic E-state index is 0.437. The third-order valence-corrected chi connectivity index (χ3v) is 3.71. The van der Waals surface area contributed by atoms with Gasteiger partial charge in [-0.25, -0.2) is 0 Å². The number of carbonyl (C=O) groups excluding carboxylic acids is 1. The van der Waals surface area contributed by atoms with Gasteiger partial charge in [0.25, 0.3) is 0 Å². The summed E-state index contributed by atoms with van der Waals surface area (Å²) in [5, 5.41) is 0. The van der Waals surface area contributed by atoms with Gasteiger partial charge in [0.05, 0.1) is 0 Å². The molecule has 1 aliphatic carbocycles. The van der Waals surface area contributed by atoms with E-state index in [0.29, 0.717) is 11.7 Å². The van der Waals surface area contributed by atoms with Crippen LogP contribution < -0.4 is 0 Å². The summed E-state index contributed by atoms with van der Waals surface area (Å²) < 4.78 is 0. The average molecular weight is 200 g/mol. The van der Waals surface area contributed by atoms with Gasteiger partial charge in [0, 0.05) is 12.3 Å². The number of unbranched alkanes of at least 4 members (excludes halogenated alkanes) is 1. The van der Waals surface area contributed by atoms with Crippen LogP contribution in [0, 0.1) is 5.92 Å². The van der Waals surface area contributed by atoms with Gasteiger partial charge < -0.3 is 0 Å². The van der Waals surface area contributed by atoms with Crippen molar-refractivity contribution in [3.63, 3.8) is 0 Å². The lowest BCUT2D eigenvalue weighted by Gasteiger charge is -2.06. The number of ketones is 1. The lowest BCUT2D eigenvalue weighted by atomic mass is 10.0. The van der Waals surface area contributed by atoms with Crippen LogP contribution in [0.4, 0.5) is 0 Å². The third kappa shape index (κ3) is 4.17. The molecule has 0 radical (unpaired) electrons. The largest absolute Gasteiger partial charge is 0.299 e. The zero-order valence-electron chi connectivity index (χ0n) is 8.55. The van der Waals surface area contributed by atoms with Gasteiger partial charge in [0.1, 0.15) is 5.78 Å². The highest BCUT2D eigenvalue weighted by molar-refractivity contribution is 7.99. The quantitative estimate of drug-likeness (QED) is 0.612. The van der Waals surface area contributed by atoms with E-state index < -0.39 is 0 Å². The normalized spacial score (nSPS) is 22.5. The highest BCUT2D eigenvalue weighted by atomic mass is 32.2. The number of hydrogen-bond acceptors (Lipinski definition) is 2. The first-order valence-corrected chi connectivity index (χ1v) is 6.60. The molecule has 1 rings (SSSR count). The molecule has 0 spiro atoms. The molecule has 0 saturated heterocycles. The topological polar surface area (TPSA) is 17.1 Å². The van der Waals surface area contributed by atoms with Gasteiger partial charge in [0.2, 0.25) is 0 Å². The number of hydrogen-bond donors (Lipinski definition) is 0. The minimum Gasteiger partial charge on any atom is -0.299 e. The Kier molecular flexibility index (Phi) is 5.52. The molecule has 1 fully saturated rings. The fourth-order valence-electron chi connectivity index (χ4n) is 1.93. The van der Waals surface area contributed by atoms with E-state index >= 15 is 0 Å². The van der Waals surface area contributed by atoms with Gasteiger partial charge in [0.15, 0.2) is 0 Å². The molecule has 0 aromatic rings. The fraction of sp³-hybridized carbons (Fsp3) is 0.909. The van der Waals surface area contributed by atoms with Crippen LogP contribution in [0.3, 0.4) is 0 Å². The average Bonchev–Trinajstić information content (AvgIpc) is 2.52. The Labute approximate surface area is 85.7 Å². The highest BCUT2D eigenvalue weighted by Crippen LogP contribution is 2.26. The SMILES string of the molecule is CCSCCCCC1CCCC1=O. The second kappa shape index (κ2) is 6.47. The molecule has 0 bridgehead atoms. The fourth-order valence-corrected chi connectivity index (χ4v) is 2.63. The predicted molar refractivity (Wildman–Crippen MR) is 59.2 cm³/mol. The molecule has 2 heteroatoms. The molecule has 0 aromatic heterocycles. The Hall–Kier alpha value is 0.0200. The van der Waals surface area contributed by atoms with Gasteiger partial charge in [-0.15, -0.1) is 0 Å². The van der Waals surface area contributed by atoms with E-state index in [-0.39, 0.29) is 0 Å². The molecular formula is C11H20OS. The van der Waals surface area contributed by atoms with Crippen molar-refractivity contribution >= 4 is 17.5 Å². The van der Waals surface area contributed by atoms with Crippen molar-refractivity contribution in [2.24, 2.45) is 5.92 Å². The smallest absolute Gasteiger partial charge is 0.135 e. The van der Waals surface area contributed by atoms with Crippen molar-refractivity contribution in [3.05, 3.63) is 0 Å². The molecule has 0 N–H and O–H groups in total. The predicted octanol–water partition coefficient (Wildman–Crippen LogP) is 3.28. The zero-order chi connectivity index (χ0) is 9.52. The van der Waals surface area contributed by atoms with E-state index in [9.17, 15) is 4.79 Å². The first kappa shape index (κ1) is 11.1. The van der Waals surface area contributed by atoms with Gasteiger partial charge in [-0.2, -0.15) is 11.8 Å². The maximum Gasteiger partial charge on any atom is 0.135 e. The number of rotatable bonds is 6. The molecule has 13 heavy (non-hydrogen) atoms. The molecular weight excluding hydrogens is 180 g/mol. The minimum absolute atomic E-state index is 0.437. The van der Waals surface area contributed by atoms with Crippen molar-refractivity contribution in [2.45, 2.75) is 45.4 Å². The maximum absolute atomic E-state index is 11.3. The van der Waals surface area contributed by atoms with E-state index in [1.54, 1.807) is 0 Å². The number of thioether (sulfide) groups is 1. The molecule has 1 saturated carbocycles. The first-order chi connectivity index (χ1) is 6.34. The monoisotopic (exact) mass is 200 g/mol. The van der Waals surface area contributed by atoms with Crippen LogP contribution >= 0.6 is 11.8 Å². The van der Waals surface area contributed by atoms with Crippen LogP contribution in [0.15, 0.2) is 0 Å². The molecule has 0 amide bonds. The van der Waals surface area contributed by atoms with Crippen molar-refractivity contribution in [2.75, 3.05) is 11.5 Å². The van der Waals surface area contributed by atoms with Crippen molar-refractivity contribution < 1.29 is 4.79 Å². The van der Waals surface area contributed by atoms with E-state index in [2.05, 4.69) is 6.92 Å². The van der Waals surface area contributed by atoms with Crippen LogP contribution in [-0.4, -0.2) is 17.3 Å².